The summed E-state index contributed by atoms with van der Waals surface area (Å²) in [6.45, 7) is 0. The summed E-state index contributed by atoms with van der Waals surface area (Å²) >= 11 is 5.56. The van der Waals surface area contributed by atoms with E-state index >= 15 is 0 Å². The molecule has 0 aliphatic carbocycles. The van der Waals surface area contributed by atoms with Crippen LogP contribution in [-0.4, -0.2) is 14.8 Å². The monoisotopic (exact) mass is 260 g/mol. The second-order valence-corrected chi connectivity index (χ2v) is 3.78. The van der Waals surface area contributed by atoms with Gasteiger partial charge in [-0.05, 0) is 18.2 Å². The highest BCUT2D eigenvalue weighted by Gasteiger charge is 2.34. The van der Waals surface area contributed by atoms with Crippen LogP contribution in [0.15, 0.2) is 18.2 Å². The van der Waals surface area contributed by atoms with Crippen LogP contribution in [0, 0.1) is 6.33 Å². The first-order valence-corrected chi connectivity index (χ1v) is 4.91. The fourth-order valence-corrected chi connectivity index (χ4v) is 1.54. The normalized spacial score (nSPS) is 11.8. The van der Waals surface area contributed by atoms with Crippen molar-refractivity contribution in [3.8, 4) is 11.4 Å². The number of hydrogen-bond acceptors (Lipinski definition) is 2. The van der Waals surface area contributed by atoms with Crippen LogP contribution in [0.25, 0.3) is 11.4 Å². The first-order chi connectivity index (χ1) is 7.88. The summed E-state index contributed by atoms with van der Waals surface area (Å²) in [6, 6.07) is 3.46. The van der Waals surface area contributed by atoms with E-state index in [1.165, 1.54) is 23.9 Å². The molecule has 1 radical (unpaired) electrons. The summed E-state index contributed by atoms with van der Waals surface area (Å²) in [5.41, 5.74) is -0.969. The van der Waals surface area contributed by atoms with Crippen molar-refractivity contribution in [3.63, 3.8) is 0 Å². The molecule has 2 rings (SSSR count). The predicted octanol–water partition coefficient (Wildman–Crippen LogP) is 2.95. The quantitative estimate of drug-likeness (QED) is 0.789. The Hall–Kier alpha value is -1.56. The molecular formula is C10H6ClF3N3. The summed E-state index contributed by atoms with van der Waals surface area (Å²) in [5.74, 6) is -0.0310. The summed E-state index contributed by atoms with van der Waals surface area (Å²) in [5, 5.41) is 3.81. The lowest BCUT2D eigenvalue weighted by molar-refractivity contribution is -0.137. The molecule has 3 nitrogen and oxygen atoms in total. The van der Waals surface area contributed by atoms with Crippen molar-refractivity contribution in [2.45, 2.75) is 6.18 Å². The molecule has 0 atom stereocenters. The van der Waals surface area contributed by atoms with Gasteiger partial charge in [-0.25, -0.2) is 9.67 Å². The molecule has 7 heteroatoms. The summed E-state index contributed by atoms with van der Waals surface area (Å²) in [6.07, 6.45) is -2.08. The highest BCUT2D eigenvalue weighted by molar-refractivity contribution is 6.30. The predicted molar refractivity (Wildman–Crippen MR) is 55.3 cm³/mol. The van der Waals surface area contributed by atoms with Gasteiger partial charge in [0, 0.05) is 17.6 Å². The van der Waals surface area contributed by atoms with E-state index in [1.54, 1.807) is 0 Å². The van der Waals surface area contributed by atoms with Gasteiger partial charge in [0.25, 0.3) is 0 Å². The fourth-order valence-electron chi connectivity index (χ4n) is 1.37. The van der Waals surface area contributed by atoms with Gasteiger partial charge in [-0.15, -0.1) is 0 Å². The van der Waals surface area contributed by atoms with Gasteiger partial charge in [0.2, 0.25) is 0 Å². The Morgan fingerprint density at radius 3 is 2.59 bits per heavy atom. The smallest absolute Gasteiger partial charge is 0.246 e. The second-order valence-electron chi connectivity index (χ2n) is 3.35. The Morgan fingerprint density at radius 2 is 2.06 bits per heavy atom. The number of benzene rings is 1. The van der Waals surface area contributed by atoms with Crippen LogP contribution in [-0.2, 0) is 13.2 Å². The van der Waals surface area contributed by atoms with Crippen molar-refractivity contribution in [2.75, 3.05) is 0 Å². The Labute approximate surface area is 99.8 Å². The van der Waals surface area contributed by atoms with Crippen molar-refractivity contribution < 1.29 is 13.2 Å². The number of aromatic nitrogens is 3. The Morgan fingerprint density at radius 1 is 1.35 bits per heavy atom. The highest BCUT2D eigenvalue weighted by atomic mass is 35.5. The van der Waals surface area contributed by atoms with E-state index < -0.39 is 11.7 Å². The zero-order valence-electron chi connectivity index (χ0n) is 8.59. The average Bonchev–Trinajstić information content (AvgIpc) is 2.63. The molecule has 0 saturated heterocycles. The summed E-state index contributed by atoms with van der Waals surface area (Å²) < 4.78 is 39.6. The van der Waals surface area contributed by atoms with Gasteiger partial charge in [0.15, 0.2) is 12.2 Å². The molecule has 17 heavy (non-hydrogen) atoms. The number of hydrogen-bond donors (Lipinski definition) is 0. The third kappa shape index (κ3) is 2.41. The Kier molecular flexibility index (Phi) is 2.82. The molecule has 0 saturated carbocycles. The van der Waals surface area contributed by atoms with E-state index in [2.05, 4.69) is 16.4 Å². The first-order valence-electron chi connectivity index (χ1n) is 4.54. The highest BCUT2D eigenvalue weighted by Crippen LogP contribution is 2.37. The van der Waals surface area contributed by atoms with Crippen molar-refractivity contribution in [3.05, 3.63) is 35.1 Å². The van der Waals surface area contributed by atoms with E-state index in [0.717, 1.165) is 6.07 Å². The molecule has 0 aliphatic rings. The van der Waals surface area contributed by atoms with E-state index in [1.807, 2.05) is 0 Å². The molecule has 0 fully saturated rings. The molecule has 0 bridgehead atoms. The van der Waals surface area contributed by atoms with E-state index in [-0.39, 0.29) is 16.4 Å². The minimum absolute atomic E-state index is 0.0148. The maximum absolute atomic E-state index is 12.8. The van der Waals surface area contributed by atoms with Crippen molar-refractivity contribution >= 4 is 11.6 Å². The molecule has 1 aromatic heterocycles. The number of alkyl halides is 3. The van der Waals surface area contributed by atoms with Gasteiger partial charge in [-0.1, -0.05) is 11.6 Å². The zero-order chi connectivity index (χ0) is 12.6. The maximum atomic E-state index is 12.8. The van der Waals surface area contributed by atoms with Crippen molar-refractivity contribution in [1.29, 1.82) is 0 Å². The molecule has 1 heterocycles. The molecule has 2 aromatic rings. The van der Waals surface area contributed by atoms with Crippen molar-refractivity contribution in [1.82, 2.24) is 14.8 Å². The molecule has 89 valence electrons. The molecule has 0 amide bonds. The lowest BCUT2D eigenvalue weighted by atomic mass is 10.1. The number of aryl methyl sites for hydroxylation is 1. The molecule has 0 N–H and O–H groups in total. The van der Waals surface area contributed by atoms with Crippen LogP contribution >= 0.6 is 11.6 Å². The van der Waals surface area contributed by atoms with Crippen LogP contribution in [0.4, 0.5) is 13.2 Å². The Balaban J connectivity index is 2.61. The average molecular weight is 261 g/mol. The lowest BCUT2D eigenvalue weighted by Gasteiger charge is -2.10. The SMILES string of the molecule is Cn1[c]nc(-c2ccc(Cl)cc2C(F)(F)F)n1. The molecule has 0 unspecified atom stereocenters. The topological polar surface area (TPSA) is 30.7 Å². The van der Waals surface area contributed by atoms with Gasteiger partial charge in [0.1, 0.15) is 0 Å². The number of rotatable bonds is 1. The standard InChI is InChI=1S/C10H6ClF3N3/c1-17-5-15-9(16-17)7-3-2-6(11)4-8(7)10(12,13)14/h2-4H,1H3. The molecule has 0 spiro atoms. The van der Waals surface area contributed by atoms with Gasteiger partial charge in [0.05, 0.1) is 5.56 Å². The van der Waals surface area contributed by atoms with E-state index in [0.29, 0.717) is 0 Å². The zero-order valence-corrected chi connectivity index (χ0v) is 9.34. The van der Waals surface area contributed by atoms with Gasteiger partial charge >= 0.3 is 6.18 Å². The fraction of sp³-hybridized carbons (Fsp3) is 0.200. The minimum Gasteiger partial charge on any atom is -0.246 e. The van der Waals surface area contributed by atoms with Gasteiger partial charge in [-0.3, -0.25) is 0 Å². The third-order valence-corrected chi connectivity index (χ3v) is 2.31. The van der Waals surface area contributed by atoms with Crippen LogP contribution in [0.5, 0.6) is 0 Å². The second kappa shape index (κ2) is 4.03. The van der Waals surface area contributed by atoms with Crippen LogP contribution in [0.2, 0.25) is 5.02 Å². The summed E-state index contributed by atoms with van der Waals surface area (Å²) in [4.78, 5) is 3.67. The molecule has 1 aromatic carbocycles. The first kappa shape index (κ1) is 11.9. The Bertz CT molecular complexity index is 548. The van der Waals surface area contributed by atoms with Crippen LogP contribution in [0.3, 0.4) is 0 Å². The van der Waals surface area contributed by atoms with Gasteiger partial charge in [-0.2, -0.15) is 18.3 Å². The van der Waals surface area contributed by atoms with Crippen molar-refractivity contribution in [2.24, 2.45) is 7.05 Å². The largest absolute Gasteiger partial charge is 0.417 e. The van der Waals surface area contributed by atoms with Gasteiger partial charge < -0.3 is 0 Å². The third-order valence-electron chi connectivity index (χ3n) is 2.07. The molecular weight excluding hydrogens is 255 g/mol. The lowest BCUT2D eigenvalue weighted by Crippen LogP contribution is -2.07. The maximum Gasteiger partial charge on any atom is 0.417 e. The van der Waals surface area contributed by atoms with Crippen LogP contribution in [0.1, 0.15) is 5.56 Å². The minimum atomic E-state index is -4.50. The van der Waals surface area contributed by atoms with E-state index in [4.69, 9.17) is 11.6 Å². The summed E-state index contributed by atoms with van der Waals surface area (Å²) in [7, 11) is 1.53. The number of nitrogens with zero attached hydrogens (tertiary/aromatic N) is 3. The molecule has 0 aliphatic heterocycles. The van der Waals surface area contributed by atoms with Crippen LogP contribution < -0.4 is 0 Å². The number of halogens is 4. The van der Waals surface area contributed by atoms with E-state index in [9.17, 15) is 13.2 Å².